The zero-order chi connectivity index (χ0) is 56.4. The van der Waals surface area contributed by atoms with Gasteiger partial charge in [0, 0.05) is 19.3 Å². The Morgan fingerprint density at radius 3 is 0.705 bits per heavy atom. The smallest absolute Gasteiger partial charge is 0.306 e. The summed E-state index contributed by atoms with van der Waals surface area (Å²) in [6.07, 6.45) is 82.2. The van der Waals surface area contributed by atoms with Gasteiger partial charge in [0.05, 0.1) is 0 Å². The van der Waals surface area contributed by atoms with Gasteiger partial charge in [0.2, 0.25) is 0 Å². The average Bonchev–Trinajstić information content (AvgIpc) is 3.44. The summed E-state index contributed by atoms with van der Waals surface area (Å²) >= 11 is 0. The number of hydrogen-bond donors (Lipinski definition) is 0. The first-order valence-corrected chi connectivity index (χ1v) is 35.3. The van der Waals surface area contributed by atoms with Gasteiger partial charge in [-0.15, -0.1) is 0 Å². The van der Waals surface area contributed by atoms with E-state index in [0.29, 0.717) is 19.3 Å². The van der Waals surface area contributed by atoms with Crippen LogP contribution in [0.25, 0.3) is 0 Å². The van der Waals surface area contributed by atoms with Crippen molar-refractivity contribution < 1.29 is 28.6 Å². The number of rotatable bonds is 66. The Hall–Kier alpha value is -2.11. The summed E-state index contributed by atoms with van der Waals surface area (Å²) in [6, 6.07) is 0. The maximum atomic E-state index is 12.9. The summed E-state index contributed by atoms with van der Waals surface area (Å²) in [5.41, 5.74) is 0. The highest BCUT2D eigenvalue weighted by Crippen LogP contribution is 2.19. The number of allylic oxidation sites excluding steroid dienone is 4. The molecular weight excluding hydrogens is 961 g/mol. The molecule has 6 heteroatoms. The summed E-state index contributed by atoms with van der Waals surface area (Å²) in [5, 5.41) is 0. The second-order valence-corrected chi connectivity index (χ2v) is 24.2. The third-order valence-electron chi connectivity index (χ3n) is 16.2. The lowest BCUT2D eigenvalue weighted by molar-refractivity contribution is -0.167. The van der Waals surface area contributed by atoms with Crippen molar-refractivity contribution in [2.75, 3.05) is 13.2 Å². The molecule has 0 aliphatic rings. The van der Waals surface area contributed by atoms with Crippen molar-refractivity contribution in [1.29, 1.82) is 0 Å². The van der Waals surface area contributed by atoms with Crippen molar-refractivity contribution in [3.63, 3.8) is 0 Å². The van der Waals surface area contributed by atoms with E-state index < -0.39 is 6.10 Å². The Morgan fingerprint density at radius 1 is 0.256 bits per heavy atom. The minimum Gasteiger partial charge on any atom is -0.462 e. The van der Waals surface area contributed by atoms with Crippen LogP contribution < -0.4 is 0 Å². The average molecular weight is 1100 g/mol. The normalized spacial score (nSPS) is 12.1. The van der Waals surface area contributed by atoms with E-state index in [1.165, 1.54) is 295 Å². The molecule has 6 nitrogen and oxygen atoms in total. The van der Waals surface area contributed by atoms with Crippen molar-refractivity contribution in [2.45, 2.75) is 406 Å². The van der Waals surface area contributed by atoms with E-state index >= 15 is 0 Å². The van der Waals surface area contributed by atoms with Crippen LogP contribution in [-0.4, -0.2) is 37.2 Å². The molecule has 0 aromatic carbocycles. The molecule has 0 N–H and O–H groups in total. The summed E-state index contributed by atoms with van der Waals surface area (Å²) in [6.45, 7) is 6.70. The lowest BCUT2D eigenvalue weighted by Gasteiger charge is -2.18. The van der Waals surface area contributed by atoms with Gasteiger partial charge in [0.1, 0.15) is 13.2 Å². The number of unbranched alkanes of at least 4 members (excludes halogenated alkanes) is 51. The summed E-state index contributed by atoms with van der Waals surface area (Å²) in [4.78, 5) is 38.3. The largest absolute Gasteiger partial charge is 0.462 e. The van der Waals surface area contributed by atoms with Crippen molar-refractivity contribution in [3.8, 4) is 0 Å². The quantitative estimate of drug-likeness (QED) is 0.0261. The van der Waals surface area contributed by atoms with Crippen LogP contribution in [-0.2, 0) is 28.6 Å². The third-order valence-corrected chi connectivity index (χ3v) is 16.2. The molecule has 0 saturated carbocycles. The second kappa shape index (κ2) is 67.4. The van der Waals surface area contributed by atoms with Gasteiger partial charge in [0.25, 0.3) is 0 Å². The fourth-order valence-electron chi connectivity index (χ4n) is 10.9. The minimum atomic E-state index is -0.765. The molecule has 0 amide bonds. The summed E-state index contributed by atoms with van der Waals surface area (Å²) in [5.74, 6) is -0.833. The molecule has 0 rings (SSSR count). The van der Waals surface area contributed by atoms with Gasteiger partial charge in [-0.3, -0.25) is 14.4 Å². The van der Waals surface area contributed by atoms with Gasteiger partial charge in [-0.2, -0.15) is 0 Å². The molecule has 460 valence electrons. The first kappa shape index (κ1) is 75.9. The van der Waals surface area contributed by atoms with Crippen LogP contribution in [0.15, 0.2) is 24.3 Å². The predicted octanol–water partition coefficient (Wildman–Crippen LogP) is 24.2. The first-order chi connectivity index (χ1) is 38.5. The van der Waals surface area contributed by atoms with E-state index in [1.807, 2.05) is 0 Å². The van der Waals surface area contributed by atoms with Crippen molar-refractivity contribution in [2.24, 2.45) is 0 Å². The predicted molar refractivity (Wildman–Crippen MR) is 340 cm³/mol. The number of carbonyl (C=O) groups is 3. The Kier molecular flexibility index (Phi) is 65.6. The van der Waals surface area contributed by atoms with Crippen LogP contribution in [0.4, 0.5) is 0 Å². The van der Waals surface area contributed by atoms with Crippen LogP contribution in [0.3, 0.4) is 0 Å². The standard InChI is InChI=1S/C72H136O6/c1-4-7-10-13-16-19-22-24-26-28-30-32-33-34-35-36-37-38-39-41-42-44-46-48-50-53-56-59-62-65-71(74)77-68-69(67-76-70(73)64-61-58-55-52-21-18-15-12-9-6-3)78-72(75)66-63-60-57-54-51-49-47-45-43-40-31-29-27-25-23-20-17-14-11-8-5-2/h22,24,28,30,69H,4-21,23,25-27,29,31-68H2,1-3H3/b24-22-,30-28-. The molecule has 0 saturated heterocycles. The van der Waals surface area contributed by atoms with E-state index in [-0.39, 0.29) is 31.1 Å². The molecule has 0 bridgehead atoms. The molecule has 0 fully saturated rings. The van der Waals surface area contributed by atoms with Gasteiger partial charge >= 0.3 is 17.9 Å². The zero-order valence-corrected chi connectivity index (χ0v) is 53.0. The molecule has 0 aromatic rings. The Balaban J connectivity index is 4.11. The second-order valence-electron chi connectivity index (χ2n) is 24.2. The van der Waals surface area contributed by atoms with Crippen LogP contribution in [0, 0.1) is 0 Å². The number of hydrogen-bond acceptors (Lipinski definition) is 6. The maximum Gasteiger partial charge on any atom is 0.306 e. The van der Waals surface area contributed by atoms with E-state index in [9.17, 15) is 14.4 Å². The molecule has 78 heavy (non-hydrogen) atoms. The molecule has 1 atom stereocenters. The third kappa shape index (κ3) is 64.7. The van der Waals surface area contributed by atoms with E-state index in [0.717, 1.165) is 64.2 Å². The van der Waals surface area contributed by atoms with Crippen LogP contribution in [0.1, 0.15) is 400 Å². The molecule has 0 spiro atoms. The van der Waals surface area contributed by atoms with Gasteiger partial charge in [-0.1, -0.05) is 353 Å². The highest BCUT2D eigenvalue weighted by molar-refractivity contribution is 5.71. The van der Waals surface area contributed by atoms with Gasteiger partial charge in [-0.25, -0.2) is 0 Å². The first-order valence-electron chi connectivity index (χ1n) is 35.3. The van der Waals surface area contributed by atoms with Crippen molar-refractivity contribution >= 4 is 17.9 Å². The summed E-state index contributed by atoms with van der Waals surface area (Å²) in [7, 11) is 0. The van der Waals surface area contributed by atoms with E-state index in [4.69, 9.17) is 14.2 Å². The number of esters is 3. The minimum absolute atomic E-state index is 0.0638. The topological polar surface area (TPSA) is 78.9 Å². The van der Waals surface area contributed by atoms with Crippen LogP contribution in [0.2, 0.25) is 0 Å². The van der Waals surface area contributed by atoms with Crippen molar-refractivity contribution in [1.82, 2.24) is 0 Å². The van der Waals surface area contributed by atoms with Gasteiger partial charge in [0.15, 0.2) is 6.10 Å². The van der Waals surface area contributed by atoms with Crippen LogP contribution >= 0.6 is 0 Å². The Bertz CT molecular complexity index is 1260. The van der Waals surface area contributed by atoms with Crippen molar-refractivity contribution in [3.05, 3.63) is 24.3 Å². The maximum absolute atomic E-state index is 12.9. The molecule has 0 aliphatic heterocycles. The highest BCUT2D eigenvalue weighted by atomic mass is 16.6. The fraction of sp³-hybridized carbons (Fsp3) is 0.903. The van der Waals surface area contributed by atoms with Crippen LogP contribution in [0.5, 0.6) is 0 Å². The van der Waals surface area contributed by atoms with E-state index in [1.54, 1.807) is 0 Å². The molecular formula is C72H136O6. The molecule has 0 aromatic heterocycles. The van der Waals surface area contributed by atoms with Gasteiger partial charge < -0.3 is 14.2 Å². The molecule has 0 radical (unpaired) electrons. The molecule has 0 heterocycles. The Morgan fingerprint density at radius 2 is 0.462 bits per heavy atom. The lowest BCUT2D eigenvalue weighted by atomic mass is 10.0. The van der Waals surface area contributed by atoms with Gasteiger partial charge in [-0.05, 0) is 51.4 Å². The molecule has 0 aliphatic carbocycles. The SMILES string of the molecule is CCCCCCC/C=C\C/C=C\CCCCCCCCCCCCCCCCCCCC(=O)OCC(COC(=O)CCCCCCCCCCCC)OC(=O)CCCCCCCCCCCCCCCCCCCCCCC. The Labute approximate surface area is 487 Å². The monoisotopic (exact) mass is 1100 g/mol. The fourth-order valence-corrected chi connectivity index (χ4v) is 10.9. The zero-order valence-electron chi connectivity index (χ0n) is 53.0. The molecule has 1 unspecified atom stereocenters. The number of ether oxygens (including phenoxy) is 3. The lowest BCUT2D eigenvalue weighted by Crippen LogP contribution is -2.30. The summed E-state index contributed by atoms with van der Waals surface area (Å²) < 4.78 is 17.0. The highest BCUT2D eigenvalue weighted by Gasteiger charge is 2.19. The van der Waals surface area contributed by atoms with E-state index in [2.05, 4.69) is 45.1 Å². The number of carbonyl (C=O) groups excluding carboxylic acids is 3.